The molecular formula is C14H26N2O4. The van der Waals surface area contributed by atoms with Crippen molar-refractivity contribution in [1.82, 2.24) is 10.6 Å². The SMILES string of the molecule is CCNC1COCC1C(=O)NCC(CC(C)C)C(=O)O. The number of rotatable bonds is 8. The van der Waals surface area contributed by atoms with Crippen molar-refractivity contribution in [2.75, 3.05) is 26.3 Å². The van der Waals surface area contributed by atoms with Crippen LogP contribution in [0.5, 0.6) is 0 Å². The minimum Gasteiger partial charge on any atom is -0.481 e. The summed E-state index contributed by atoms with van der Waals surface area (Å²) < 4.78 is 5.32. The number of aliphatic carboxylic acids is 1. The molecule has 3 N–H and O–H groups in total. The Morgan fingerprint density at radius 2 is 2.05 bits per heavy atom. The van der Waals surface area contributed by atoms with Gasteiger partial charge >= 0.3 is 5.97 Å². The smallest absolute Gasteiger partial charge is 0.308 e. The maximum Gasteiger partial charge on any atom is 0.308 e. The number of likely N-dealkylation sites (N-methyl/N-ethyl adjacent to an activating group) is 1. The van der Waals surface area contributed by atoms with Gasteiger partial charge in [-0.3, -0.25) is 9.59 Å². The predicted molar refractivity (Wildman–Crippen MR) is 75.4 cm³/mol. The Balaban J connectivity index is 2.46. The molecule has 1 saturated heterocycles. The topological polar surface area (TPSA) is 87.7 Å². The summed E-state index contributed by atoms with van der Waals surface area (Å²) in [6.45, 7) is 7.82. The van der Waals surface area contributed by atoms with Gasteiger partial charge in [-0.05, 0) is 18.9 Å². The summed E-state index contributed by atoms with van der Waals surface area (Å²) in [6, 6.07) is 0.0216. The van der Waals surface area contributed by atoms with Crippen LogP contribution in [-0.4, -0.2) is 49.3 Å². The molecule has 1 heterocycles. The van der Waals surface area contributed by atoms with E-state index in [1.165, 1.54) is 0 Å². The van der Waals surface area contributed by atoms with Gasteiger partial charge < -0.3 is 20.5 Å². The molecule has 1 aliphatic rings. The third-order valence-electron chi connectivity index (χ3n) is 3.51. The minimum absolute atomic E-state index is 0.0216. The zero-order valence-corrected chi connectivity index (χ0v) is 12.5. The van der Waals surface area contributed by atoms with E-state index in [1.807, 2.05) is 20.8 Å². The number of hydrogen-bond donors (Lipinski definition) is 3. The summed E-state index contributed by atoms with van der Waals surface area (Å²) in [7, 11) is 0. The summed E-state index contributed by atoms with van der Waals surface area (Å²) in [5.41, 5.74) is 0. The maximum absolute atomic E-state index is 12.1. The largest absolute Gasteiger partial charge is 0.481 e. The molecule has 0 bridgehead atoms. The first-order valence-electron chi connectivity index (χ1n) is 7.27. The molecule has 6 heteroatoms. The number of carbonyl (C=O) groups is 2. The fourth-order valence-corrected chi connectivity index (χ4v) is 2.47. The molecule has 0 saturated carbocycles. The monoisotopic (exact) mass is 286 g/mol. The van der Waals surface area contributed by atoms with Gasteiger partial charge in [0.15, 0.2) is 0 Å². The van der Waals surface area contributed by atoms with Crippen molar-refractivity contribution < 1.29 is 19.4 Å². The van der Waals surface area contributed by atoms with Crippen LogP contribution in [0.15, 0.2) is 0 Å². The van der Waals surface area contributed by atoms with E-state index in [4.69, 9.17) is 9.84 Å². The van der Waals surface area contributed by atoms with Crippen LogP contribution in [0, 0.1) is 17.8 Å². The Bertz CT molecular complexity index is 333. The molecule has 6 nitrogen and oxygen atoms in total. The number of amides is 1. The summed E-state index contributed by atoms with van der Waals surface area (Å²) in [5, 5.41) is 15.1. The molecule has 0 aliphatic carbocycles. The zero-order valence-electron chi connectivity index (χ0n) is 12.5. The molecule has 1 aliphatic heterocycles. The first-order valence-corrected chi connectivity index (χ1v) is 7.27. The fourth-order valence-electron chi connectivity index (χ4n) is 2.47. The van der Waals surface area contributed by atoms with E-state index in [0.717, 1.165) is 6.54 Å². The molecule has 116 valence electrons. The van der Waals surface area contributed by atoms with Crippen molar-refractivity contribution in [3.05, 3.63) is 0 Å². The maximum atomic E-state index is 12.1. The van der Waals surface area contributed by atoms with E-state index < -0.39 is 11.9 Å². The minimum atomic E-state index is -0.857. The van der Waals surface area contributed by atoms with Gasteiger partial charge in [-0.2, -0.15) is 0 Å². The van der Waals surface area contributed by atoms with E-state index in [2.05, 4.69) is 10.6 Å². The van der Waals surface area contributed by atoms with Crippen LogP contribution in [0.1, 0.15) is 27.2 Å². The highest BCUT2D eigenvalue weighted by Crippen LogP contribution is 2.15. The number of ether oxygens (including phenoxy) is 1. The van der Waals surface area contributed by atoms with Gasteiger partial charge in [0, 0.05) is 12.6 Å². The van der Waals surface area contributed by atoms with E-state index in [9.17, 15) is 9.59 Å². The van der Waals surface area contributed by atoms with Crippen molar-refractivity contribution in [1.29, 1.82) is 0 Å². The average Bonchev–Trinajstić information content (AvgIpc) is 2.82. The molecule has 1 rings (SSSR count). The van der Waals surface area contributed by atoms with Gasteiger partial charge in [0.05, 0.1) is 25.0 Å². The molecule has 0 aromatic rings. The summed E-state index contributed by atoms with van der Waals surface area (Å²) >= 11 is 0. The van der Waals surface area contributed by atoms with Gasteiger partial charge in [0.2, 0.25) is 5.91 Å². The Hall–Kier alpha value is -1.14. The van der Waals surface area contributed by atoms with Crippen molar-refractivity contribution in [2.45, 2.75) is 33.2 Å². The van der Waals surface area contributed by atoms with Crippen LogP contribution in [0.25, 0.3) is 0 Å². The normalized spacial score (nSPS) is 23.8. The van der Waals surface area contributed by atoms with Crippen LogP contribution in [0.3, 0.4) is 0 Å². The number of nitrogens with one attached hydrogen (secondary N) is 2. The third kappa shape index (κ3) is 5.09. The predicted octanol–water partition coefficient (Wildman–Crippen LogP) is 0.474. The van der Waals surface area contributed by atoms with E-state index >= 15 is 0 Å². The van der Waals surface area contributed by atoms with Gasteiger partial charge in [-0.1, -0.05) is 20.8 Å². The number of hydrogen-bond acceptors (Lipinski definition) is 4. The Morgan fingerprint density at radius 3 is 2.60 bits per heavy atom. The van der Waals surface area contributed by atoms with Crippen LogP contribution >= 0.6 is 0 Å². The summed E-state index contributed by atoms with van der Waals surface area (Å²) in [6.07, 6.45) is 0.563. The highest BCUT2D eigenvalue weighted by atomic mass is 16.5. The van der Waals surface area contributed by atoms with Crippen molar-refractivity contribution in [2.24, 2.45) is 17.8 Å². The van der Waals surface area contributed by atoms with Crippen LogP contribution in [0.4, 0.5) is 0 Å². The average molecular weight is 286 g/mol. The van der Waals surface area contributed by atoms with Crippen LogP contribution in [0.2, 0.25) is 0 Å². The Kier molecular flexibility index (Phi) is 6.95. The zero-order chi connectivity index (χ0) is 15.1. The first kappa shape index (κ1) is 16.9. The first-order chi connectivity index (χ1) is 9.45. The van der Waals surface area contributed by atoms with Gasteiger partial charge in [-0.15, -0.1) is 0 Å². The Labute approximate surface area is 120 Å². The molecule has 0 aromatic carbocycles. The van der Waals surface area contributed by atoms with Crippen molar-refractivity contribution >= 4 is 11.9 Å². The second-order valence-corrected chi connectivity index (χ2v) is 5.72. The lowest BCUT2D eigenvalue weighted by Gasteiger charge is -2.20. The fraction of sp³-hybridized carbons (Fsp3) is 0.857. The lowest BCUT2D eigenvalue weighted by molar-refractivity contribution is -0.142. The quantitative estimate of drug-likeness (QED) is 0.604. The third-order valence-corrected chi connectivity index (χ3v) is 3.51. The molecule has 3 atom stereocenters. The molecular weight excluding hydrogens is 260 g/mol. The summed E-state index contributed by atoms with van der Waals surface area (Å²) in [5.74, 6) is -1.45. The Morgan fingerprint density at radius 1 is 1.35 bits per heavy atom. The molecule has 1 fully saturated rings. The van der Waals surface area contributed by atoms with Gasteiger partial charge in [0.1, 0.15) is 0 Å². The lowest BCUT2D eigenvalue weighted by Crippen LogP contribution is -2.45. The molecule has 0 aromatic heterocycles. The van der Waals surface area contributed by atoms with Crippen molar-refractivity contribution in [3.8, 4) is 0 Å². The second kappa shape index (κ2) is 8.21. The van der Waals surface area contributed by atoms with Gasteiger partial charge in [-0.25, -0.2) is 0 Å². The van der Waals surface area contributed by atoms with E-state index in [0.29, 0.717) is 19.6 Å². The van der Waals surface area contributed by atoms with Crippen LogP contribution in [-0.2, 0) is 14.3 Å². The van der Waals surface area contributed by atoms with Crippen molar-refractivity contribution in [3.63, 3.8) is 0 Å². The van der Waals surface area contributed by atoms with E-state index in [1.54, 1.807) is 0 Å². The number of carboxylic acids is 1. The molecule has 1 amide bonds. The van der Waals surface area contributed by atoms with E-state index in [-0.39, 0.29) is 30.3 Å². The molecule has 0 radical (unpaired) electrons. The molecule has 3 unspecified atom stereocenters. The number of carbonyl (C=O) groups excluding carboxylic acids is 1. The second-order valence-electron chi connectivity index (χ2n) is 5.72. The highest BCUT2D eigenvalue weighted by molar-refractivity contribution is 5.80. The highest BCUT2D eigenvalue weighted by Gasteiger charge is 2.33. The summed E-state index contributed by atoms with van der Waals surface area (Å²) in [4.78, 5) is 23.3. The molecule has 20 heavy (non-hydrogen) atoms. The standard InChI is InChI=1S/C14H26N2O4/c1-4-15-12-8-20-7-11(12)13(17)16-6-10(14(18)19)5-9(2)3/h9-12,15H,4-8H2,1-3H3,(H,16,17)(H,18,19). The lowest BCUT2D eigenvalue weighted by atomic mass is 9.96. The van der Waals surface area contributed by atoms with Crippen LogP contribution < -0.4 is 10.6 Å². The number of carboxylic acid groups (broad SMARTS) is 1. The molecule has 0 spiro atoms. The van der Waals surface area contributed by atoms with Gasteiger partial charge in [0.25, 0.3) is 0 Å².